The Morgan fingerprint density at radius 1 is 1.21 bits per heavy atom. The van der Waals surface area contributed by atoms with Crippen LogP contribution in [-0.4, -0.2) is 31.1 Å². The quantitative estimate of drug-likeness (QED) is 0.909. The zero-order chi connectivity index (χ0) is 13.8. The van der Waals surface area contributed by atoms with Crippen LogP contribution in [0.15, 0.2) is 18.2 Å². The molecule has 1 unspecified atom stereocenters. The first-order valence-corrected chi connectivity index (χ1v) is 6.97. The molecule has 1 aromatic carbocycles. The third kappa shape index (κ3) is 3.98. The third-order valence-corrected chi connectivity index (χ3v) is 4.00. The number of likely N-dealkylation sites (tertiary alicyclic amines) is 1. The van der Waals surface area contributed by atoms with E-state index in [2.05, 4.69) is 11.8 Å². The van der Waals surface area contributed by atoms with Crippen molar-refractivity contribution >= 4 is 0 Å². The highest BCUT2D eigenvalue weighted by atomic mass is 19.1. The second-order valence-corrected chi connectivity index (χ2v) is 5.62. The first kappa shape index (κ1) is 14.4. The van der Waals surface area contributed by atoms with Crippen molar-refractivity contribution in [3.63, 3.8) is 0 Å². The van der Waals surface area contributed by atoms with E-state index < -0.39 is 11.6 Å². The van der Waals surface area contributed by atoms with Gasteiger partial charge in [-0.05, 0) is 49.5 Å². The normalized spacial score (nSPS) is 19.6. The van der Waals surface area contributed by atoms with Crippen LogP contribution in [0.1, 0.15) is 31.2 Å². The zero-order valence-corrected chi connectivity index (χ0v) is 11.4. The maximum atomic E-state index is 13.3. The Bertz CT molecular complexity index is 394. The van der Waals surface area contributed by atoms with Gasteiger partial charge in [-0.25, -0.2) is 8.78 Å². The Labute approximate surface area is 113 Å². The van der Waals surface area contributed by atoms with Crippen molar-refractivity contribution in [2.75, 3.05) is 26.2 Å². The average molecular weight is 268 g/mol. The Hall–Kier alpha value is -1.00. The summed E-state index contributed by atoms with van der Waals surface area (Å²) >= 11 is 0. The average Bonchev–Trinajstić information content (AvgIpc) is 2.37. The van der Waals surface area contributed by atoms with E-state index in [4.69, 9.17) is 5.73 Å². The summed E-state index contributed by atoms with van der Waals surface area (Å²) in [4.78, 5) is 2.35. The molecule has 1 fully saturated rings. The monoisotopic (exact) mass is 268 g/mol. The molecule has 0 spiro atoms. The molecule has 2 nitrogen and oxygen atoms in total. The fraction of sp³-hybridized carbons (Fsp3) is 0.600. The van der Waals surface area contributed by atoms with E-state index >= 15 is 0 Å². The van der Waals surface area contributed by atoms with Gasteiger partial charge in [0.25, 0.3) is 0 Å². The largest absolute Gasteiger partial charge is 0.330 e. The molecule has 0 radical (unpaired) electrons. The number of hydrogen-bond acceptors (Lipinski definition) is 2. The van der Waals surface area contributed by atoms with E-state index in [1.165, 1.54) is 25.0 Å². The van der Waals surface area contributed by atoms with Crippen LogP contribution in [0.3, 0.4) is 0 Å². The molecule has 1 heterocycles. The molecule has 0 saturated carbocycles. The fourth-order valence-corrected chi connectivity index (χ4v) is 2.68. The summed E-state index contributed by atoms with van der Waals surface area (Å²) in [5.41, 5.74) is 6.44. The Morgan fingerprint density at radius 2 is 1.79 bits per heavy atom. The molecule has 0 aromatic heterocycles. The Balaban J connectivity index is 2.03. The van der Waals surface area contributed by atoms with Crippen LogP contribution in [0, 0.1) is 17.6 Å². The third-order valence-electron chi connectivity index (χ3n) is 4.00. The van der Waals surface area contributed by atoms with Crippen LogP contribution in [0.2, 0.25) is 0 Å². The summed E-state index contributed by atoms with van der Waals surface area (Å²) in [5, 5.41) is 0. The molecule has 2 rings (SSSR count). The predicted molar refractivity (Wildman–Crippen MR) is 73.0 cm³/mol. The van der Waals surface area contributed by atoms with Crippen LogP contribution in [0.25, 0.3) is 0 Å². The lowest BCUT2D eigenvalue weighted by Gasteiger charge is -2.33. The number of rotatable bonds is 4. The van der Waals surface area contributed by atoms with E-state index in [1.54, 1.807) is 0 Å². The summed E-state index contributed by atoms with van der Waals surface area (Å²) in [7, 11) is 0. The van der Waals surface area contributed by atoms with Gasteiger partial charge in [0, 0.05) is 25.1 Å². The molecule has 0 aliphatic carbocycles. The number of hydrogen-bond donors (Lipinski definition) is 1. The molecule has 4 heteroatoms. The van der Waals surface area contributed by atoms with Crippen LogP contribution in [0.5, 0.6) is 0 Å². The zero-order valence-electron chi connectivity index (χ0n) is 11.4. The topological polar surface area (TPSA) is 29.3 Å². The van der Waals surface area contributed by atoms with E-state index in [-0.39, 0.29) is 5.92 Å². The van der Waals surface area contributed by atoms with E-state index in [9.17, 15) is 8.78 Å². The smallest absolute Gasteiger partial charge is 0.126 e. The highest BCUT2D eigenvalue weighted by molar-refractivity contribution is 5.22. The van der Waals surface area contributed by atoms with E-state index in [0.717, 1.165) is 31.6 Å². The van der Waals surface area contributed by atoms with Crippen molar-refractivity contribution in [3.8, 4) is 0 Å². The summed E-state index contributed by atoms with van der Waals surface area (Å²) in [6.45, 7) is 5.56. The van der Waals surface area contributed by atoms with Gasteiger partial charge in [-0.3, -0.25) is 0 Å². The van der Waals surface area contributed by atoms with Gasteiger partial charge < -0.3 is 10.6 Å². The highest BCUT2D eigenvalue weighted by Crippen LogP contribution is 2.22. The molecule has 1 saturated heterocycles. The van der Waals surface area contributed by atoms with Crippen LogP contribution in [-0.2, 0) is 0 Å². The van der Waals surface area contributed by atoms with Gasteiger partial charge in [-0.2, -0.15) is 0 Å². The molecule has 1 aliphatic heterocycles. The van der Waals surface area contributed by atoms with Crippen molar-refractivity contribution in [1.29, 1.82) is 0 Å². The standard InChI is InChI=1S/C15H22F2N2/c1-11-2-4-19(5-3-11)10-13(9-18)12-6-14(16)8-15(17)7-12/h6-8,11,13H,2-5,9-10,18H2,1H3. The minimum Gasteiger partial charge on any atom is -0.330 e. The van der Waals surface area contributed by atoms with Crippen molar-refractivity contribution < 1.29 is 8.78 Å². The minimum atomic E-state index is -0.527. The molecule has 0 bridgehead atoms. The Kier molecular flexibility index (Phi) is 4.88. The van der Waals surface area contributed by atoms with Gasteiger partial charge in [0.15, 0.2) is 0 Å². The lowest BCUT2D eigenvalue weighted by Crippen LogP contribution is -2.37. The van der Waals surface area contributed by atoms with Gasteiger partial charge in [-0.15, -0.1) is 0 Å². The van der Waals surface area contributed by atoms with Gasteiger partial charge in [0.2, 0.25) is 0 Å². The number of halogens is 2. The maximum absolute atomic E-state index is 13.3. The van der Waals surface area contributed by atoms with Gasteiger partial charge in [0.05, 0.1) is 0 Å². The van der Waals surface area contributed by atoms with Crippen molar-refractivity contribution in [3.05, 3.63) is 35.4 Å². The van der Waals surface area contributed by atoms with Crippen molar-refractivity contribution in [2.24, 2.45) is 11.7 Å². The number of nitrogens with zero attached hydrogens (tertiary/aromatic N) is 1. The van der Waals surface area contributed by atoms with Crippen molar-refractivity contribution in [2.45, 2.75) is 25.7 Å². The molecule has 19 heavy (non-hydrogen) atoms. The predicted octanol–water partition coefficient (Wildman–Crippen LogP) is 2.74. The van der Waals surface area contributed by atoms with Crippen LogP contribution >= 0.6 is 0 Å². The minimum absolute atomic E-state index is 0.00129. The van der Waals surface area contributed by atoms with Gasteiger partial charge in [0.1, 0.15) is 11.6 Å². The molecule has 1 aromatic rings. The van der Waals surface area contributed by atoms with E-state index in [1.807, 2.05) is 0 Å². The summed E-state index contributed by atoms with van der Waals surface area (Å²) < 4.78 is 26.5. The SMILES string of the molecule is CC1CCN(CC(CN)c2cc(F)cc(F)c2)CC1. The summed E-state index contributed by atoms with van der Waals surface area (Å²) in [6, 6.07) is 3.69. The second kappa shape index (κ2) is 6.44. The van der Waals surface area contributed by atoms with Crippen LogP contribution in [0.4, 0.5) is 8.78 Å². The highest BCUT2D eigenvalue weighted by Gasteiger charge is 2.20. The van der Waals surface area contributed by atoms with Crippen LogP contribution < -0.4 is 5.73 Å². The van der Waals surface area contributed by atoms with Crippen molar-refractivity contribution in [1.82, 2.24) is 4.90 Å². The first-order chi connectivity index (χ1) is 9.08. The molecule has 2 N–H and O–H groups in total. The number of benzene rings is 1. The fourth-order valence-electron chi connectivity index (χ4n) is 2.68. The molecule has 106 valence electrons. The second-order valence-electron chi connectivity index (χ2n) is 5.62. The number of piperidine rings is 1. The van der Waals surface area contributed by atoms with Gasteiger partial charge in [-0.1, -0.05) is 6.92 Å². The molecule has 0 amide bonds. The first-order valence-electron chi connectivity index (χ1n) is 6.97. The lowest BCUT2D eigenvalue weighted by atomic mass is 9.95. The summed E-state index contributed by atoms with van der Waals surface area (Å²) in [5.74, 6) is -0.278. The lowest BCUT2D eigenvalue weighted by molar-refractivity contribution is 0.183. The molecule has 1 atom stereocenters. The maximum Gasteiger partial charge on any atom is 0.126 e. The molecular weight excluding hydrogens is 246 g/mol. The number of nitrogens with two attached hydrogens (primary N) is 1. The summed E-state index contributed by atoms with van der Waals surface area (Å²) in [6.07, 6.45) is 2.38. The molecule has 1 aliphatic rings. The van der Waals surface area contributed by atoms with E-state index in [0.29, 0.717) is 12.1 Å². The van der Waals surface area contributed by atoms with Gasteiger partial charge >= 0.3 is 0 Å². The molecular formula is C15H22F2N2. The Morgan fingerprint density at radius 3 is 2.32 bits per heavy atom.